The summed E-state index contributed by atoms with van der Waals surface area (Å²) in [6.45, 7) is 0.370. The molecular formula is C15H20ClNO4S. The van der Waals surface area contributed by atoms with E-state index in [1.165, 1.54) is 0 Å². The van der Waals surface area contributed by atoms with Crippen LogP contribution < -0.4 is 4.72 Å². The topological polar surface area (TPSA) is 83.5 Å². The molecule has 7 heteroatoms. The largest absolute Gasteiger partial charge is 0.481 e. The smallest absolute Gasteiger partial charge is 0.306 e. The normalized spacial score (nSPS) is 22.4. The SMILES string of the molecule is O=C(O)C1CCC(CNS(=O)(=O)Cc2cccc(Cl)c2)CC1. The number of aliphatic carboxylic acids is 1. The molecule has 2 rings (SSSR count). The Hall–Kier alpha value is -1.11. The second kappa shape index (κ2) is 7.44. The second-order valence-electron chi connectivity index (χ2n) is 5.79. The van der Waals surface area contributed by atoms with Gasteiger partial charge in [0, 0.05) is 11.6 Å². The van der Waals surface area contributed by atoms with Gasteiger partial charge in [-0.15, -0.1) is 0 Å². The maximum Gasteiger partial charge on any atom is 0.306 e. The summed E-state index contributed by atoms with van der Waals surface area (Å²) < 4.78 is 26.8. The fraction of sp³-hybridized carbons (Fsp3) is 0.533. The molecule has 0 bridgehead atoms. The average Bonchev–Trinajstić information content (AvgIpc) is 2.45. The fourth-order valence-corrected chi connectivity index (χ4v) is 4.18. The van der Waals surface area contributed by atoms with E-state index in [0.29, 0.717) is 30.0 Å². The average molecular weight is 346 g/mol. The summed E-state index contributed by atoms with van der Waals surface area (Å²) in [5, 5.41) is 9.46. The van der Waals surface area contributed by atoms with E-state index < -0.39 is 16.0 Å². The first kappa shape index (κ1) is 17.2. The lowest BCUT2D eigenvalue weighted by molar-refractivity contribution is -0.143. The number of carbonyl (C=O) groups is 1. The molecule has 0 spiro atoms. The summed E-state index contributed by atoms with van der Waals surface area (Å²) >= 11 is 5.85. The highest BCUT2D eigenvalue weighted by atomic mass is 35.5. The molecule has 5 nitrogen and oxygen atoms in total. The van der Waals surface area contributed by atoms with Crippen LogP contribution in [0.2, 0.25) is 5.02 Å². The zero-order valence-corrected chi connectivity index (χ0v) is 13.7. The number of halogens is 1. The van der Waals surface area contributed by atoms with Crippen molar-refractivity contribution in [1.29, 1.82) is 0 Å². The maximum absolute atomic E-state index is 12.1. The summed E-state index contributed by atoms with van der Waals surface area (Å²) in [6, 6.07) is 6.79. The Kier molecular flexibility index (Phi) is 5.83. The minimum absolute atomic E-state index is 0.0992. The molecule has 122 valence electrons. The highest BCUT2D eigenvalue weighted by Gasteiger charge is 2.26. The molecule has 1 aromatic carbocycles. The molecular weight excluding hydrogens is 326 g/mol. The second-order valence-corrected chi connectivity index (χ2v) is 8.04. The Balaban J connectivity index is 1.82. The fourth-order valence-electron chi connectivity index (χ4n) is 2.76. The number of benzene rings is 1. The lowest BCUT2D eigenvalue weighted by Crippen LogP contribution is -2.33. The molecule has 0 amide bonds. The van der Waals surface area contributed by atoms with Crippen molar-refractivity contribution in [3.8, 4) is 0 Å². The number of hydrogen-bond acceptors (Lipinski definition) is 3. The molecule has 1 aromatic rings. The van der Waals surface area contributed by atoms with E-state index in [9.17, 15) is 13.2 Å². The lowest BCUT2D eigenvalue weighted by atomic mass is 9.82. The third-order valence-corrected chi connectivity index (χ3v) is 5.59. The van der Waals surface area contributed by atoms with Crippen molar-refractivity contribution in [2.24, 2.45) is 11.8 Å². The van der Waals surface area contributed by atoms with Gasteiger partial charge in [-0.25, -0.2) is 13.1 Å². The Labute approximate surface area is 135 Å². The molecule has 2 N–H and O–H groups in total. The predicted molar refractivity (Wildman–Crippen MR) is 85.2 cm³/mol. The first-order valence-electron chi connectivity index (χ1n) is 7.30. The monoisotopic (exact) mass is 345 g/mol. The van der Waals surface area contributed by atoms with Crippen LogP contribution in [0.3, 0.4) is 0 Å². The zero-order chi connectivity index (χ0) is 16.2. The summed E-state index contributed by atoms with van der Waals surface area (Å²) in [4.78, 5) is 10.9. The molecule has 1 aliphatic rings. The van der Waals surface area contributed by atoms with Gasteiger partial charge in [0.1, 0.15) is 0 Å². The van der Waals surface area contributed by atoms with E-state index in [1.807, 2.05) is 0 Å². The summed E-state index contributed by atoms with van der Waals surface area (Å²) in [7, 11) is -3.41. The number of sulfonamides is 1. The lowest BCUT2D eigenvalue weighted by Gasteiger charge is -2.26. The maximum atomic E-state index is 12.1. The molecule has 0 aliphatic heterocycles. The Morgan fingerprint density at radius 2 is 1.95 bits per heavy atom. The van der Waals surface area contributed by atoms with Gasteiger partial charge in [-0.1, -0.05) is 23.7 Å². The summed E-state index contributed by atoms with van der Waals surface area (Å²) in [6.07, 6.45) is 2.74. The van der Waals surface area contributed by atoms with Gasteiger partial charge in [-0.05, 0) is 49.3 Å². The van der Waals surface area contributed by atoms with Crippen LogP contribution in [0.1, 0.15) is 31.2 Å². The van der Waals surface area contributed by atoms with Gasteiger partial charge >= 0.3 is 5.97 Å². The Bertz CT molecular complexity index is 624. The summed E-state index contributed by atoms with van der Waals surface area (Å²) in [5.74, 6) is -0.915. The van der Waals surface area contributed by atoms with Gasteiger partial charge < -0.3 is 5.11 Å². The van der Waals surface area contributed by atoms with Crippen LogP contribution in [-0.4, -0.2) is 26.0 Å². The Morgan fingerprint density at radius 3 is 2.55 bits per heavy atom. The van der Waals surface area contributed by atoms with E-state index in [1.54, 1.807) is 24.3 Å². The van der Waals surface area contributed by atoms with Crippen molar-refractivity contribution in [3.05, 3.63) is 34.9 Å². The van der Waals surface area contributed by atoms with Crippen molar-refractivity contribution < 1.29 is 18.3 Å². The highest BCUT2D eigenvalue weighted by molar-refractivity contribution is 7.88. The third-order valence-electron chi connectivity index (χ3n) is 4.03. The summed E-state index contributed by atoms with van der Waals surface area (Å²) in [5.41, 5.74) is 0.648. The van der Waals surface area contributed by atoms with Crippen LogP contribution in [-0.2, 0) is 20.6 Å². The van der Waals surface area contributed by atoms with Crippen molar-refractivity contribution in [3.63, 3.8) is 0 Å². The van der Waals surface area contributed by atoms with E-state index in [0.717, 1.165) is 12.8 Å². The van der Waals surface area contributed by atoms with Crippen LogP contribution in [0.25, 0.3) is 0 Å². The van der Waals surface area contributed by atoms with Gasteiger partial charge in [0.15, 0.2) is 0 Å². The molecule has 22 heavy (non-hydrogen) atoms. The van der Waals surface area contributed by atoms with E-state index >= 15 is 0 Å². The molecule has 0 saturated heterocycles. The van der Waals surface area contributed by atoms with Crippen molar-refractivity contribution in [2.75, 3.05) is 6.54 Å². The van der Waals surface area contributed by atoms with Crippen LogP contribution in [0.4, 0.5) is 0 Å². The van der Waals surface area contributed by atoms with Crippen LogP contribution in [0.15, 0.2) is 24.3 Å². The quantitative estimate of drug-likeness (QED) is 0.830. The number of hydrogen-bond donors (Lipinski definition) is 2. The van der Waals surface area contributed by atoms with Gasteiger partial charge in [0.25, 0.3) is 0 Å². The zero-order valence-electron chi connectivity index (χ0n) is 12.2. The van der Waals surface area contributed by atoms with Crippen LogP contribution >= 0.6 is 11.6 Å². The number of rotatable bonds is 6. The van der Waals surface area contributed by atoms with Gasteiger partial charge in [0.2, 0.25) is 10.0 Å². The van der Waals surface area contributed by atoms with Gasteiger partial charge in [-0.2, -0.15) is 0 Å². The number of carboxylic acid groups (broad SMARTS) is 1. The molecule has 0 atom stereocenters. The van der Waals surface area contributed by atoms with Crippen molar-refractivity contribution in [1.82, 2.24) is 4.72 Å². The van der Waals surface area contributed by atoms with E-state index in [4.69, 9.17) is 16.7 Å². The number of nitrogens with one attached hydrogen (secondary N) is 1. The minimum Gasteiger partial charge on any atom is -0.481 e. The predicted octanol–water partition coefficient (Wildman–Crippen LogP) is 2.65. The molecule has 0 radical (unpaired) electrons. The third kappa shape index (κ3) is 5.26. The first-order chi connectivity index (χ1) is 10.4. The van der Waals surface area contributed by atoms with Gasteiger partial charge in [-0.3, -0.25) is 4.79 Å². The van der Waals surface area contributed by atoms with Crippen LogP contribution in [0, 0.1) is 11.8 Å². The van der Waals surface area contributed by atoms with Crippen molar-refractivity contribution in [2.45, 2.75) is 31.4 Å². The van der Waals surface area contributed by atoms with E-state index in [2.05, 4.69) is 4.72 Å². The molecule has 1 saturated carbocycles. The molecule has 0 aromatic heterocycles. The first-order valence-corrected chi connectivity index (χ1v) is 9.33. The Morgan fingerprint density at radius 1 is 1.27 bits per heavy atom. The molecule has 1 fully saturated rings. The number of carboxylic acids is 1. The van der Waals surface area contributed by atoms with E-state index in [-0.39, 0.29) is 17.6 Å². The highest BCUT2D eigenvalue weighted by Crippen LogP contribution is 2.28. The minimum atomic E-state index is -3.41. The van der Waals surface area contributed by atoms with Crippen LogP contribution in [0.5, 0.6) is 0 Å². The van der Waals surface area contributed by atoms with Gasteiger partial charge in [0.05, 0.1) is 11.7 Å². The molecule has 1 aliphatic carbocycles. The van der Waals surface area contributed by atoms with Crippen molar-refractivity contribution >= 4 is 27.6 Å². The molecule has 0 unspecified atom stereocenters. The standard InChI is InChI=1S/C15H20ClNO4S/c16-14-3-1-2-12(8-14)10-22(20,21)17-9-11-4-6-13(7-5-11)15(18)19/h1-3,8,11,13,17H,4-7,9-10H2,(H,18,19). The molecule has 0 heterocycles.